The second kappa shape index (κ2) is 5.22. The highest BCUT2D eigenvalue weighted by Gasteiger charge is 2.12. The third kappa shape index (κ3) is 2.50. The van der Waals surface area contributed by atoms with Crippen LogP contribution in [0, 0.1) is 5.82 Å². The topological polar surface area (TPSA) is 39.4 Å². The number of esters is 1. The quantitative estimate of drug-likeness (QED) is 0.645. The van der Waals surface area contributed by atoms with Crippen LogP contribution in [0.25, 0.3) is 22.3 Å². The summed E-state index contributed by atoms with van der Waals surface area (Å²) < 4.78 is 23.7. The Morgan fingerprint density at radius 2 is 2.05 bits per heavy atom. The Morgan fingerprint density at radius 3 is 2.81 bits per heavy atom. The molecule has 0 unspecified atom stereocenters. The number of benzene rings is 2. The summed E-state index contributed by atoms with van der Waals surface area (Å²) >= 11 is 5.75. The SMILES string of the molecule is COC(=O)c1cccc(-c2cc3cc(Cl)c(F)cc3o2)c1. The maximum atomic E-state index is 13.4. The van der Waals surface area contributed by atoms with Crippen molar-refractivity contribution in [2.45, 2.75) is 0 Å². The van der Waals surface area contributed by atoms with E-state index >= 15 is 0 Å². The van der Waals surface area contributed by atoms with Crippen molar-refractivity contribution in [1.82, 2.24) is 0 Å². The Balaban J connectivity index is 2.10. The first-order valence-corrected chi connectivity index (χ1v) is 6.53. The van der Waals surface area contributed by atoms with Crippen LogP contribution in [0.4, 0.5) is 4.39 Å². The zero-order chi connectivity index (χ0) is 15.0. The van der Waals surface area contributed by atoms with E-state index in [1.807, 2.05) is 0 Å². The molecule has 0 spiro atoms. The van der Waals surface area contributed by atoms with E-state index in [0.717, 1.165) is 0 Å². The molecule has 0 saturated heterocycles. The van der Waals surface area contributed by atoms with Crippen LogP contribution in [0.5, 0.6) is 0 Å². The molecule has 0 saturated carbocycles. The molecule has 1 aromatic heterocycles. The summed E-state index contributed by atoms with van der Waals surface area (Å²) in [7, 11) is 1.32. The fraction of sp³-hybridized carbons (Fsp3) is 0.0625. The summed E-state index contributed by atoms with van der Waals surface area (Å²) in [4.78, 5) is 11.5. The second-order valence-corrected chi connectivity index (χ2v) is 4.89. The monoisotopic (exact) mass is 304 g/mol. The lowest BCUT2D eigenvalue weighted by Gasteiger charge is -2.01. The molecule has 5 heteroatoms. The third-order valence-electron chi connectivity index (χ3n) is 3.13. The molecular weight excluding hydrogens is 295 g/mol. The summed E-state index contributed by atoms with van der Waals surface area (Å²) in [6.45, 7) is 0. The summed E-state index contributed by atoms with van der Waals surface area (Å²) in [5.74, 6) is -0.437. The molecule has 0 aliphatic heterocycles. The van der Waals surface area contributed by atoms with Crippen LogP contribution in [0.3, 0.4) is 0 Å². The van der Waals surface area contributed by atoms with Crippen LogP contribution in [0.2, 0.25) is 5.02 Å². The van der Waals surface area contributed by atoms with Crippen molar-refractivity contribution in [3.05, 3.63) is 58.9 Å². The van der Waals surface area contributed by atoms with Crippen LogP contribution in [0.15, 0.2) is 46.9 Å². The number of methoxy groups -OCH3 is 1. The summed E-state index contributed by atoms with van der Waals surface area (Å²) in [5, 5.41) is 0.734. The number of halogens is 2. The maximum absolute atomic E-state index is 13.4. The summed E-state index contributed by atoms with van der Waals surface area (Å²) in [5.41, 5.74) is 1.51. The van der Waals surface area contributed by atoms with Gasteiger partial charge in [-0.15, -0.1) is 0 Å². The largest absolute Gasteiger partial charge is 0.465 e. The van der Waals surface area contributed by atoms with E-state index < -0.39 is 11.8 Å². The fourth-order valence-corrected chi connectivity index (χ4v) is 2.27. The molecule has 2 aromatic carbocycles. The van der Waals surface area contributed by atoms with E-state index in [1.165, 1.54) is 19.2 Å². The van der Waals surface area contributed by atoms with Gasteiger partial charge in [0.25, 0.3) is 0 Å². The van der Waals surface area contributed by atoms with Gasteiger partial charge >= 0.3 is 5.97 Å². The van der Waals surface area contributed by atoms with Gasteiger partial charge in [0.1, 0.15) is 17.2 Å². The number of ether oxygens (including phenoxy) is 1. The summed E-state index contributed by atoms with van der Waals surface area (Å²) in [6.07, 6.45) is 0. The van der Waals surface area contributed by atoms with Crippen LogP contribution < -0.4 is 0 Å². The first kappa shape index (κ1) is 13.6. The van der Waals surface area contributed by atoms with Crippen molar-refractivity contribution >= 4 is 28.5 Å². The Bertz CT molecular complexity index is 800. The van der Waals surface area contributed by atoms with Crippen LogP contribution >= 0.6 is 11.6 Å². The molecule has 0 radical (unpaired) electrons. The van der Waals surface area contributed by atoms with Crippen molar-refractivity contribution in [2.24, 2.45) is 0 Å². The molecule has 0 atom stereocenters. The first-order chi connectivity index (χ1) is 10.1. The molecule has 0 amide bonds. The molecule has 3 nitrogen and oxygen atoms in total. The van der Waals surface area contributed by atoms with Crippen LogP contribution in [-0.2, 0) is 4.74 Å². The van der Waals surface area contributed by atoms with E-state index in [4.69, 9.17) is 16.0 Å². The van der Waals surface area contributed by atoms with Crippen molar-refractivity contribution in [2.75, 3.05) is 7.11 Å². The van der Waals surface area contributed by atoms with Gasteiger partial charge in [-0.2, -0.15) is 0 Å². The standard InChI is InChI=1S/C16H10ClFO3/c1-20-16(19)10-4-2-3-9(5-10)14-7-11-6-12(17)13(18)8-15(11)21-14/h2-8H,1H3. The van der Waals surface area contributed by atoms with Gasteiger partial charge in [-0.05, 0) is 24.3 Å². The van der Waals surface area contributed by atoms with Crippen molar-refractivity contribution in [1.29, 1.82) is 0 Å². The average molecular weight is 305 g/mol. The minimum absolute atomic E-state index is 0.0400. The van der Waals surface area contributed by atoms with Gasteiger partial charge in [0.05, 0.1) is 17.7 Å². The van der Waals surface area contributed by atoms with E-state index in [-0.39, 0.29) is 5.02 Å². The lowest BCUT2D eigenvalue weighted by atomic mass is 10.1. The number of hydrogen-bond donors (Lipinski definition) is 0. The molecule has 21 heavy (non-hydrogen) atoms. The van der Waals surface area contributed by atoms with Crippen LogP contribution in [0.1, 0.15) is 10.4 Å². The van der Waals surface area contributed by atoms with Gasteiger partial charge in [0, 0.05) is 17.0 Å². The number of rotatable bonds is 2. The zero-order valence-electron chi connectivity index (χ0n) is 11.0. The number of furan rings is 1. The van der Waals surface area contributed by atoms with Gasteiger partial charge in [-0.3, -0.25) is 0 Å². The average Bonchev–Trinajstić information content (AvgIpc) is 2.90. The van der Waals surface area contributed by atoms with Gasteiger partial charge in [-0.1, -0.05) is 23.7 Å². The molecule has 0 bridgehead atoms. The lowest BCUT2D eigenvalue weighted by Crippen LogP contribution is -2.00. The smallest absolute Gasteiger partial charge is 0.337 e. The maximum Gasteiger partial charge on any atom is 0.337 e. The molecule has 0 aliphatic carbocycles. The number of hydrogen-bond acceptors (Lipinski definition) is 3. The highest BCUT2D eigenvalue weighted by molar-refractivity contribution is 6.31. The Kier molecular flexibility index (Phi) is 3.39. The molecule has 1 heterocycles. The van der Waals surface area contributed by atoms with E-state index in [1.54, 1.807) is 30.3 Å². The summed E-state index contributed by atoms with van der Waals surface area (Å²) in [6, 6.07) is 11.3. The number of carbonyl (C=O) groups excluding carboxylic acids is 1. The Hall–Kier alpha value is -2.33. The molecule has 3 aromatic rings. The normalized spacial score (nSPS) is 10.8. The second-order valence-electron chi connectivity index (χ2n) is 4.49. The highest BCUT2D eigenvalue weighted by Crippen LogP contribution is 2.31. The molecule has 0 aliphatic rings. The fourth-order valence-electron chi connectivity index (χ4n) is 2.09. The molecule has 106 valence electrons. The third-order valence-corrected chi connectivity index (χ3v) is 3.42. The van der Waals surface area contributed by atoms with Gasteiger partial charge < -0.3 is 9.15 Å². The Morgan fingerprint density at radius 1 is 1.24 bits per heavy atom. The first-order valence-electron chi connectivity index (χ1n) is 6.16. The van der Waals surface area contributed by atoms with Crippen molar-refractivity contribution in [3.63, 3.8) is 0 Å². The van der Waals surface area contributed by atoms with E-state index in [9.17, 15) is 9.18 Å². The van der Waals surface area contributed by atoms with Gasteiger partial charge in [-0.25, -0.2) is 9.18 Å². The minimum atomic E-state index is -0.534. The molecular formula is C16H10ClFO3. The minimum Gasteiger partial charge on any atom is -0.465 e. The van der Waals surface area contributed by atoms with Gasteiger partial charge in [0.2, 0.25) is 0 Å². The van der Waals surface area contributed by atoms with Gasteiger partial charge in [0.15, 0.2) is 0 Å². The van der Waals surface area contributed by atoms with Crippen molar-refractivity contribution in [3.8, 4) is 11.3 Å². The predicted octanol–water partition coefficient (Wildman–Crippen LogP) is 4.68. The van der Waals surface area contributed by atoms with E-state index in [2.05, 4.69) is 4.74 Å². The van der Waals surface area contributed by atoms with Crippen LogP contribution in [-0.4, -0.2) is 13.1 Å². The molecule has 0 fully saturated rings. The molecule has 0 N–H and O–H groups in total. The number of fused-ring (bicyclic) bond motifs is 1. The van der Waals surface area contributed by atoms with Crippen molar-refractivity contribution < 1.29 is 18.3 Å². The number of carbonyl (C=O) groups is 1. The Labute approximate surface area is 124 Å². The predicted molar refractivity (Wildman–Crippen MR) is 78.0 cm³/mol. The zero-order valence-corrected chi connectivity index (χ0v) is 11.8. The highest BCUT2D eigenvalue weighted by atomic mass is 35.5. The van der Waals surface area contributed by atoms with E-state index in [0.29, 0.717) is 27.9 Å². The molecule has 3 rings (SSSR count). The lowest BCUT2D eigenvalue weighted by molar-refractivity contribution is 0.0601.